The number of rotatable bonds is 6. The van der Waals surface area contributed by atoms with Crippen LogP contribution in [0.25, 0.3) is 0 Å². The van der Waals surface area contributed by atoms with E-state index in [1.165, 1.54) is 6.07 Å². The van der Waals surface area contributed by atoms with Crippen molar-refractivity contribution in [2.45, 2.75) is 25.8 Å². The van der Waals surface area contributed by atoms with E-state index in [4.69, 9.17) is 16.2 Å². The van der Waals surface area contributed by atoms with Crippen molar-refractivity contribution in [3.8, 4) is 5.75 Å². The monoisotopic (exact) mass is 374 g/mol. The van der Waals surface area contributed by atoms with Gasteiger partial charge in [-0.3, -0.25) is 14.9 Å². The number of imidazole rings is 1. The first-order valence-electron chi connectivity index (χ1n) is 8.70. The average Bonchev–Trinajstić information content (AvgIpc) is 3.03. The largest absolute Gasteiger partial charge is 0.487 e. The molecule has 1 amide bonds. The number of benzene rings is 1. The Kier molecular flexibility index (Phi) is 5.15. The zero-order chi connectivity index (χ0) is 19.6. The van der Waals surface area contributed by atoms with E-state index in [2.05, 4.69) is 9.88 Å². The van der Waals surface area contributed by atoms with Crippen LogP contribution in [0.3, 0.4) is 0 Å². The summed E-state index contributed by atoms with van der Waals surface area (Å²) in [5.74, 6) is -0.0833. The number of nitro groups is 1. The molecule has 27 heavy (non-hydrogen) atoms. The van der Waals surface area contributed by atoms with Crippen molar-refractivity contribution in [2.75, 3.05) is 30.3 Å². The molecular formula is C17H22N6O4. The normalized spacial score (nSPS) is 14.9. The molecule has 1 aromatic carbocycles. The first-order chi connectivity index (χ1) is 12.9. The Morgan fingerprint density at radius 1 is 1.41 bits per heavy atom. The third-order valence-corrected chi connectivity index (χ3v) is 4.73. The lowest BCUT2D eigenvalue weighted by Crippen LogP contribution is -2.34. The van der Waals surface area contributed by atoms with E-state index in [-0.39, 0.29) is 29.0 Å². The quantitative estimate of drug-likeness (QED) is 0.579. The van der Waals surface area contributed by atoms with Crippen molar-refractivity contribution >= 4 is 23.1 Å². The van der Waals surface area contributed by atoms with Gasteiger partial charge in [0.25, 0.3) is 5.91 Å². The highest BCUT2D eigenvalue weighted by molar-refractivity contribution is 5.95. The van der Waals surface area contributed by atoms with Crippen LogP contribution in [0.5, 0.6) is 5.75 Å². The molecule has 3 rings (SSSR count). The highest BCUT2D eigenvalue weighted by Crippen LogP contribution is 2.34. The fraction of sp³-hybridized carbons (Fsp3) is 0.412. The summed E-state index contributed by atoms with van der Waals surface area (Å²) in [5.41, 5.74) is 12.2. The summed E-state index contributed by atoms with van der Waals surface area (Å²) >= 11 is 0. The highest BCUT2D eigenvalue weighted by Gasteiger charge is 2.25. The highest BCUT2D eigenvalue weighted by atomic mass is 16.6. The Hall–Kier alpha value is -3.30. The predicted octanol–water partition coefficient (Wildman–Crippen LogP) is 1.71. The third-order valence-electron chi connectivity index (χ3n) is 4.73. The maximum absolute atomic E-state index is 11.3. The molecule has 1 saturated heterocycles. The van der Waals surface area contributed by atoms with Gasteiger partial charge in [0.15, 0.2) is 11.4 Å². The van der Waals surface area contributed by atoms with Crippen molar-refractivity contribution in [3.63, 3.8) is 0 Å². The number of nitrogens with zero attached hydrogens (tertiary/aromatic N) is 4. The molecule has 10 nitrogen and oxygen atoms in total. The van der Waals surface area contributed by atoms with Gasteiger partial charge in [-0.1, -0.05) is 0 Å². The van der Waals surface area contributed by atoms with Gasteiger partial charge in [0.05, 0.1) is 17.9 Å². The number of nitrogen functional groups attached to an aromatic ring is 1. The minimum Gasteiger partial charge on any atom is -0.487 e. The Labute approximate surface area is 155 Å². The van der Waals surface area contributed by atoms with Gasteiger partial charge in [0.1, 0.15) is 5.82 Å². The number of amides is 1. The number of piperidine rings is 1. The van der Waals surface area contributed by atoms with Gasteiger partial charge in [-0.15, -0.1) is 0 Å². The molecule has 1 aliphatic heterocycles. The molecule has 144 valence electrons. The molecule has 0 unspecified atom stereocenters. The molecule has 0 spiro atoms. The van der Waals surface area contributed by atoms with E-state index in [9.17, 15) is 14.9 Å². The predicted molar refractivity (Wildman–Crippen MR) is 99.9 cm³/mol. The summed E-state index contributed by atoms with van der Waals surface area (Å²) in [4.78, 5) is 28.1. The summed E-state index contributed by atoms with van der Waals surface area (Å²) in [6, 6.07) is 5.03. The number of hydrogen-bond acceptors (Lipinski definition) is 7. The molecule has 1 aliphatic rings. The number of nitrogens with two attached hydrogens (primary N) is 2. The molecule has 0 atom stereocenters. The summed E-state index contributed by atoms with van der Waals surface area (Å²) in [6.07, 6.45) is 3.13. The van der Waals surface area contributed by atoms with Gasteiger partial charge in [-0.25, -0.2) is 4.98 Å². The van der Waals surface area contributed by atoms with Crippen LogP contribution in [0.15, 0.2) is 24.5 Å². The zero-order valence-corrected chi connectivity index (χ0v) is 15.0. The summed E-state index contributed by atoms with van der Waals surface area (Å²) < 4.78 is 7.21. The summed E-state index contributed by atoms with van der Waals surface area (Å²) in [5, 5.41) is 11.1. The lowest BCUT2D eigenvalue weighted by Gasteiger charge is -2.34. The molecule has 1 aromatic heterocycles. The minimum absolute atomic E-state index is 0.0411. The third kappa shape index (κ3) is 3.64. The van der Waals surface area contributed by atoms with Crippen molar-refractivity contribution in [1.82, 2.24) is 9.55 Å². The average molecular weight is 374 g/mol. The topological polar surface area (TPSA) is 143 Å². The molecule has 10 heteroatoms. The maximum atomic E-state index is 11.3. The van der Waals surface area contributed by atoms with Crippen LogP contribution in [0.2, 0.25) is 0 Å². The Morgan fingerprint density at radius 3 is 2.67 bits per heavy atom. The van der Waals surface area contributed by atoms with Crippen LogP contribution in [0.1, 0.15) is 36.3 Å². The van der Waals surface area contributed by atoms with Crippen LogP contribution < -0.4 is 21.1 Å². The van der Waals surface area contributed by atoms with Crippen molar-refractivity contribution < 1.29 is 14.5 Å². The van der Waals surface area contributed by atoms with Gasteiger partial charge in [-0.05, 0) is 25.8 Å². The van der Waals surface area contributed by atoms with E-state index in [0.29, 0.717) is 6.61 Å². The molecule has 0 saturated carbocycles. The molecule has 0 aliphatic carbocycles. The lowest BCUT2D eigenvalue weighted by atomic mass is 10.0. The number of nitro benzene ring substituents is 1. The van der Waals surface area contributed by atoms with Crippen molar-refractivity contribution in [2.24, 2.45) is 5.73 Å². The Bertz CT molecular complexity index is 857. The standard InChI is InChI=1S/C17H22N6O4/c1-2-27-14-9-12(3-4-13(14)23(25)26)21-7-5-11(6-8-21)22-10-20-15(16(22)18)17(19)24/h3-4,9-11H,2,5-8,18H2,1H3,(H2,19,24). The van der Waals surface area contributed by atoms with E-state index in [1.807, 2.05) is 0 Å². The number of hydrogen-bond donors (Lipinski definition) is 2. The smallest absolute Gasteiger partial charge is 0.311 e. The first-order valence-corrected chi connectivity index (χ1v) is 8.70. The van der Waals surface area contributed by atoms with E-state index in [0.717, 1.165) is 31.6 Å². The van der Waals surface area contributed by atoms with Crippen LogP contribution >= 0.6 is 0 Å². The number of aromatic nitrogens is 2. The number of anilines is 2. The van der Waals surface area contributed by atoms with Gasteiger partial charge < -0.3 is 25.7 Å². The fourth-order valence-corrected chi connectivity index (χ4v) is 3.38. The van der Waals surface area contributed by atoms with E-state index >= 15 is 0 Å². The molecule has 0 radical (unpaired) electrons. The Morgan fingerprint density at radius 2 is 2.11 bits per heavy atom. The van der Waals surface area contributed by atoms with Gasteiger partial charge in [-0.2, -0.15) is 0 Å². The fourth-order valence-electron chi connectivity index (χ4n) is 3.38. The lowest BCUT2D eigenvalue weighted by molar-refractivity contribution is -0.385. The van der Waals surface area contributed by atoms with Crippen LogP contribution in [0, 0.1) is 10.1 Å². The molecule has 1 fully saturated rings. The second-order valence-electron chi connectivity index (χ2n) is 6.31. The van der Waals surface area contributed by atoms with E-state index in [1.54, 1.807) is 30.0 Å². The molecule has 4 N–H and O–H groups in total. The summed E-state index contributed by atoms with van der Waals surface area (Å²) in [7, 11) is 0. The van der Waals surface area contributed by atoms with Gasteiger partial charge in [0.2, 0.25) is 0 Å². The number of primary amides is 1. The summed E-state index contributed by atoms with van der Waals surface area (Å²) in [6.45, 7) is 3.61. The SMILES string of the molecule is CCOc1cc(N2CCC(n3cnc(C(N)=O)c3N)CC2)ccc1[N+](=O)[O-]. The molecule has 2 aromatic rings. The van der Waals surface area contributed by atoms with Crippen LogP contribution in [-0.2, 0) is 0 Å². The van der Waals surface area contributed by atoms with Gasteiger partial charge in [0, 0.05) is 37.0 Å². The minimum atomic E-state index is -0.641. The second-order valence-corrected chi connectivity index (χ2v) is 6.31. The maximum Gasteiger partial charge on any atom is 0.311 e. The van der Waals surface area contributed by atoms with Crippen LogP contribution in [0.4, 0.5) is 17.2 Å². The Balaban J connectivity index is 1.73. The number of carbonyl (C=O) groups excluding carboxylic acids is 1. The molecule has 0 bridgehead atoms. The van der Waals surface area contributed by atoms with Crippen molar-refractivity contribution in [1.29, 1.82) is 0 Å². The molecular weight excluding hydrogens is 352 g/mol. The molecule has 2 heterocycles. The number of ether oxygens (including phenoxy) is 1. The first kappa shape index (κ1) is 18.5. The van der Waals surface area contributed by atoms with Crippen LogP contribution in [-0.4, -0.2) is 40.1 Å². The van der Waals surface area contributed by atoms with Gasteiger partial charge >= 0.3 is 5.69 Å². The van der Waals surface area contributed by atoms with Crippen molar-refractivity contribution in [3.05, 3.63) is 40.3 Å². The second kappa shape index (κ2) is 7.52. The number of carbonyl (C=O) groups is 1. The van der Waals surface area contributed by atoms with E-state index < -0.39 is 10.8 Å². The zero-order valence-electron chi connectivity index (χ0n) is 15.0.